The summed E-state index contributed by atoms with van der Waals surface area (Å²) in [6, 6.07) is 10.0. The maximum absolute atomic E-state index is 3.88. The molecule has 0 radical (unpaired) electrons. The maximum atomic E-state index is 3.88. The van der Waals surface area contributed by atoms with Crippen LogP contribution in [0.15, 0.2) is 35.2 Å². The van der Waals surface area contributed by atoms with E-state index in [-0.39, 0.29) is 0 Å². The van der Waals surface area contributed by atoms with Crippen LogP contribution < -0.4 is 0 Å². The molecule has 0 saturated carbocycles. The minimum atomic E-state index is 1.15. The maximum Gasteiger partial charge on any atom is 0.244 e. The van der Waals surface area contributed by atoms with E-state index in [9.17, 15) is 0 Å². The summed E-state index contributed by atoms with van der Waals surface area (Å²) in [6.45, 7) is 0. The van der Waals surface area contributed by atoms with Crippen molar-refractivity contribution in [2.24, 2.45) is 4.90 Å². The third-order valence-corrected chi connectivity index (χ3v) is 1.08. The molecule has 0 aliphatic heterocycles. The van der Waals surface area contributed by atoms with Crippen molar-refractivity contribution in [2.45, 2.75) is 0 Å². The van der Waals surface area contributed by atoms with E-state index in [1.165, 1.54) is 0 Å². The summed E-state index contributed by atoms with van der Waals surface area (Å²) in [6.07, 6.45) is 1.83. The zero-order valence-corrected chi connectivity index (χ0v) is 5.41. The first kappa shape index (κ1) is 6.08. The van der Waals surface area contributed by atoms with E-state index < -0.39 is 0 Å². The largest absolute Gasteiger partial charge is 0.358 e. The van der Waals surface area contributed by atoms with Crippen molar-refractivity contribution < 1.29 is 0 Å². The number of hydrogen-bond acceptors (Lipinski definition) is 1. The smallest absolute Gasteiger partial charge is 0.244 e. The van der Waals surface area contributed by atoms with E-state index in [1.54, 1.807) is 7.98 Å². The lowest BCUT2D eigenvalue weighted by atomic mass is 10.2. The predicted molar refractivity (Wildman–Crippen MR) is 42.6 cm³/mol. The van der Waals surface area contributed by atoms with Gasteiger partial charge in [-0.2, -0.15) is 0 Å². The standard InChI is InChI=1S/C7H8BN/c8-9-6-7-4-2-1-3-5-7/h1-6H,8H2/b9-6+. The van der Waals surface area contributed by atoms with E-state index in [4.69, 9.17) is 0 Å². The van der Waals surface area contributed by atoms with Crippen molar-refractivity contribution in [2.75, 3.05) is 0 Å². The summed E-state index contributed by atoms with van der Waals surface area (Å²) in [5.41, 5.74) is 1.15. The molecular weight excluding hydrogens is 109 g/mol. The topological polar surface area (TPSA) is 12.4 Å². The van der Waals surface area contributed by atoms with Crippen LogP contribution in [0, 0.1) is 0 Å². The first-order valence-corrected chi connectivity index (χ1v) is 2.90. The molecule has 0 saturated heterocycles. The average molecular weight is 117 g/mol. The van der Waals surface area contributed by atoms with Crippen LogP contribution in [0.4, 0.5) is 0 Å². The summed E-state index contributed by atoms with van der Waals surface area (Å²) in [7, 11) is 1.77. The predicted octanol–water partition coefficient (Wildman–Crippen LogP) is 0.654. The van der Waals surface area contributed by atoms with Gasteiger partial charge in [0.05, 0.1) is 0 Å². The van der Waals surface area contributed by atoms with Gasteiger partial charge in [0.1, 0.15) is 0 Å². The first-order valence-electron chi connectivity index (χ1n) is 2.90. The molecule has 1 aromatic rings. The van der Waals surface area contributed by atoms with Gasteiger partial charge in [0.25, 0.3) is 0 Å². The van der Waals surface area contributed by atoms with Crippen molar-refractivity contribution in [1.82, 2.24) is 0 Å². The Hall–Kier alpha value is -1.05. The van der Waals surface area contributed by atoms with Crippen LogP contribution in [-0.4, -0.2) is 14.2 Å². The summed E-state index contributed by atoms with van der Waals surface area (Å²) in [5, 5.41) is 0. The van der Waals surface area contributed by atoms with Crippen molar-refractivity contribution in [3.05, 3.63) is 35.9 Å². The summed E-state index contributed by atoms with van der Waals surface area (Å²) >= 11 is 0. The Labute approximate surface area is 55.9 Å². The van der Waals surface area contributed by atoms with Crippen molar-refractivity contribution >= 4 is 14.2 Å². The highest BCUT2D eigenvalue weighted by Crippen LogP contribution is 1.92. The Morgan fingerprint density at radius 2 is 1.89 bits per heavy atom. The van der Waals surface area contributed by atoms with E-state index in [1.807, 2.05) is 36.5 Å². The number of benzene rings is 1. The van der Waals surface area contributed by atoms with Crippen LogP contribution in [0.2, 0.25) is 0 Å². The molecule has 0 aromatic heterocycles. The minimum absolute atomic E-state index is 1.15. The second-order valence-electron chi connectivity index (χ2n) is 1.80. The molecule has 0 bridgehead atoms. The monoisotopic (exact) mass is 117 g/mol. The van der Waals surface area contributed by atoms with Crippen LogP contribution in [-0.2, 0) is 0 Å². The molecule has 0 heterocycles. The lowest BCUT2D eigenvalue weighted by molar-refractivity contribution is 1.67. The molecule has 44 valence electrons. The molecule has 1 aromatic carbocycles. The Balaban J connectivity index is 2.85. The highest BCUT2D eigenvalue weighted by atomic mass is 14.5. The van der Waals surface area contributed by atoms with E-state index >= 15 is 0 Å². The summed E-state index contributed by atoms with van der Waals surface area (Å²) in [4.78, 5) is 3.88. The van der Waals surface area contributed by atoms with Gasteiger partial charge in [0.15, 0.2) is 0 Å². The van der Waals surface area contributed by atoms with E-state index in [0.29, 0.717) is 0 Å². The fraction of sp³-hybridized carbons (Fsp3) is 0. The van der Waals surface area contributed by atoms with Crippen molar-refractivity contribution in [3.63, 3.8) is 0 Å². The molecule has 0 amide bonds. The molecule has 0 fully saturated rings. The van der Waals surface area contributed by atoms with Gasteiger partial charge in [-0.1, -0.05) is 30.3 Å². The van der Waals surface area contributed by atoms with Gasteiger partial charge in [0.2, 0.25) is 7.98 Å². The third-order valence-electron chi connectivity index (χ3n) is 1.08. The van der Waals surface area contributed by atoms with Crippen LogP contribution in [0.1, 0.15) is 5.56 Å². The molecule has 9 heavy (non-hydrogen) atoms. The summed E-state index contributed by atoms with van der Waals surface area (Å²) in [5.74, 6) is 0. The Morgan fingerprint density at radius 1 is 1.22 bits per heavy atom. The lowest BCUT2D eigenvalue weighted by Crippen LogP contribution is -1.76. The average Bonchev–Trinajstić information content (AvgIpc) is 1.91. The molecule has 0 aliphatic carbocycles. The lowest BCUT2D eigenvalue weighted by Gasteiger charge is -1.86. The van der Waals surface area contributed by atoms with Crippen LogP contribution in [0.25, 0.3) is 0 Å². The summed E-state index contributed by atoms with van der Waals surface area (Å²) < 4.78 is 0. The van der Waals surface area contributed by atoms with Gasteiger partial charge in [-0.05, 0) is 5.56 Å². The normalized spacial score (nSPS) is 10.2. The van der Waals surface area contributed by atoms with Crippen LogP contribution in [0.5, 0.6) is 0 Å². The molecule has 1 rings (SSSR count). The van der Waals surface area contributed by atoms with Gasteiger partial charge < -0.3 is 4.90 Å². The van der Waals surface area contributed by atoms with Gasteiger partial charge in [-0.3, -0.25) is 0 Å². The molecule has 0 aliphatic rings. The molecule has 1 nitrogen and oxygen atoms in total. The Morgan fingerprint density at radius 3 is 2.44 bits per heavy atom. The fourth-order valence-electron chi connectivity index (χ4n) is 0.688. The number of nitrogens with zero attached hydrogens (tertiary/aromatic N) is 1. The fourth-order valence-corrected chi connectivity index (χ4v) is 0.688. The SMILES string of the molecule is B/N=C/c1ccccc1. The highest BCUT2D eigenvalue weighted by molar-refractivity contribution is 6.11. The van der Waals surface area contributed by atoms with Gasteiger partial charge in [0, 0.05) is 6.21 Å². The minimum Gasteiger partial charge on any atom is -0.358 e. The van der Waals surface area contributed by atoms with E-state index in [0.717, 1.165) is 5.56 Å². The second kappa shape index (κ2) is 3.08. The van der Waals surface area contributed by atoms with Gasteiger partial charge in [-0.15, -0.1) is 0 Å². The molecular formula is C7H8BN. The zero-order chi connectivity index (χ0) is 6.53. The molecule has 0 N–H and O–H groups in total. The van der Waals surface area contributed by atoms with Crippen molar-refractivity contribution in [1.29, 1.82) is 0 Å². The molecule has 0 atom stereocenters. The highest BCUT2D eigenvalue weighted by Gasteiger charge is 1.78. The number of hydrogen-bond donors (Lipinski definition) is 0. The van der Waals surface area contributed by atoms with Crippen molar-refractivity contribution in [3.8, 4) is 0 Å². The quantitative estimate of drug-likeness (QED) is 0.378. The second-order valence-corrected chi connectivity index (χ2v) is 1.80. The van der Waals surface area contributed by atoms with Gasteiger partial charge >= 0.3 is 0 Å². The Kier molecular flexibility index (Phi) is 2.08. The third kappa shape index (κ3) is 1.72. The zero-order valence-electron chi connectivity index (χ0n) is 5.41. The molecule has 0 spiro atoms. The molecule has 2 heteroatoms. The Bertz CT molecular complexity index is 193. The molecule has 0 unspecified atom stereocenters. The van der Waals surface area contributed by atoms with Crippen LogP contribution >= 0.6 is 0 Å². The van der Waals surface area contributed by atoms with Crippen LogP contribution in [0.3, 0.4) is 0 Å². The van der Waals surface area contributed by atoms with Gasteiger partial charge in [-0.25, -0.2) is 0 Å². The first-order chi connectivity index (χ1) is 4.43. The van der Waals surface area contributed by atoms with E-state index in [2.05, 4.69) is 4.90 Å². The number of rotatable bonds is 1.